The van der Waals surface area contributed by atoms with Crippen LogP contribution < -0.4 is 5.32 Å². The van der Waals surface area contributed by atoms with Gasteiger partial charge in [-0.15, -0.1) is 24.8 Å². The summed E-state index contributed by atoms with van der Waals surface area (Å²) in [5.74, 6) is 0. The molecular weight excluding hydrogens is 527 g/mol. The second kappa shape index (κ2) is 11.3. The lowest BCUT2D eigenvalue weighted by Crippen LogP contribution is -2.49. The quantitative estimate of drug-likeness (QED) is 0.539. The number of halogens is 4. The highest BCUT2D eigenvalue weighted by Crippen LogP contribution is 2.37. The van der Waals surface area contributed by atoms with E-state index < -0.39 is 0 Å². The molecule has 1 aliphatic heterocycles. The second-order valence-electron chi connectivity index (χ2n) is 7.10. The van der Waals surface area contributed by atoms with Crippen LogP contribution in [-0.2, 0) is 17.8 Å². The van der Waals surface area contributed by atoms with Crippen molar-refractivity contribution in [2.24, 2.45) is 0 Å². The molecule has 2 atom stereocenters. The Kier molecular flexibility index (Phi) is 9.74. The molecule has 4 rings (SSSR count). The van der Waals surface area contributed by atoms with E-state index in [1.54, 1.807) is 0 Å². The van der Waals surface area contributed by atoms with E-state index in [4.69, 9.17) is 4.74 Å². The van der Waals surface area contributed by atoms with Crippen molar-refractivity contribution in [3.63, 3.8) is 0 Å². The number of nitrogens with one attached hydrogen (secondary N) is 1. The number of ether oxygens (including phenoxy) is 1. The molecule has 0 radical (unpaired) electrons. The lowest BCUT2D eigenvalue weighted by molar-refractivity contribution is -0.0378. The van der Waals surface area contributed by atoms with E-state index in [2.05, 4.69) is 84.5 Å². The van der Waals surface area contributed by atoms with Crippen LogP contribution in [0.5, 0.6) is 0 Å². The van der Waals surface area contributed by atoms with E-state index in [-0.39, 0.29) is 30.9 Å². The van der Waals surface area contributed by atoms with E-state index in [0.29, 0.717) is 12.6 Å². The minimum atomic E-state index is 0. The molecule has 28 heavy (non-hydrogen) atoms. The van der Waals surface area contributed by atoms with Crippen LogP contribution in [0.4, 0.5) is 0 Å². The summed E-state index contributed by atoms with van der Waals surface area (Å²) in [6.45, 7) is 4.93. The van der Waals surface area contributed by atoms with Crippen LogP contribution in [0.2, 0.25) is 0 Å². The number of aryl methyl sites for hydroxylation is 1. The van der Waals surface area contributed by atoms with Gasteiger partial charge in [-0.1, -0.05) is 56.1 Å². The van der Waals surface area contributed by atoms with Crippen LogP contribution in [0.3, 0.4) is 0 Å². The number of nitrogens with zero attached hydrogens (tertiary/aromatic N) is 1. The molecule has 1 saturated heterocycles. The third-order valence-corrected chi connectivity index (χ3v) is 6.27. The molecule has 1 N–H and O–H groups in total. The fraction of sp³-hybridized carbons (Fsp3) is 0.429. The van der Waals surface area contributed by atoms with Gasteiger partial charge in [-0.2, -0.15) is 0 Å². The van der Waals surface area contributed by atoms with Crippen LogP contribution in [0, 0.1) is 0 Å². The van der Waals surface area contributed by atoms with Gasteiger partial charge < -0.3 is 10.1 Å². The first-order valence-electron chi connectivity index (χ1n) is 9.30. The fourth-order valence-corrected chi connectivity index (χ4v) is 5.56. The molecule has 0 bridgehead atoms. The number of hydrogen-bond donors (Lipinski definition) is 1. The van der Waals surface area contributed by atoms with Crippen molar-refractivity contribution in [2.45, 2.75) is 31.6 Å². The van der Waals surface area contributed by atoms with E-state index in [1.807, 2.05) is 0 Å². The maximum absolute atomic E-state index is 6.50. The Hall–Kier alpha value is -0.140. The number of benzene rings is 2. The van der Waals surface area contributed by atoms with Crippen molar-refractivity contribution in [1.82, 2.24) is 10.2 Å². The molecule has 0 unspecified atom stereocenters. The van der Waals surface area contributed by atoms with Crippen LogP contribution in [0.1, 0.15) is 29.2 Å². The highest BCUT2D eigenvalue weighted by molar-refractivity contribution is 9.11. The molecule has 2 aromatic carbocycles. The number of piperazine rings is 1. The third-order valence-electron chi connectivity index (χ3n) is 5.36. The van der Waals surface area contributed by atoms with Crippen LogP contribution >= 0.6 is 56.7 Å². The Labute approximate surface area is 196 Å². The van der Waals surface area contributed by atoms with E-state index in [0.717, 1.165) is 48.0 Å². The molecule has 154 valence electrons. The smallest absolute Gasteiger partial charge is 0.0779 e. The molecule has 3 nitrogen and oxygen atoms in total. The predicted molar refractivity (Wildman–Crippen MR) is 127 cm³/mol. The zero-order valence-corrected chi connectivity index (χ0v) is 20.4. The molecule has 0 spiro atoms. The molecule has 0 saturated carbocycles. The molecule has 1 aliphatic carbocycles. The maximum Gasteiger partial charge on any atom is 0.0779 e. The van der Waals surface area contributed by atoms with Gasteiger partial charge in [0.1, 0.15) is 0 Å². The lowest BCUT2D eigenvalue weighted by atomic mass is 9.84. The van der Waals surface area contributed by atoms with E-state index >= 15 is 0 Å². The summed E-state index contributed by atoms with van der Waals surface area (Å²) in [5, 5.41) is 3.47. The first kappa shape index (κ1) is 24.1. The van der Waals surface area contributed by atoms with E-state index in [9.17, 15) is 0 Å². The zero-order valence-electron chi connectivity index (χ0n) is 15.6. The van der Waals surface area contributed by atoms with Gasteiger partial charge >= 0.3 is 0 Å². The molecule has 2 aromatic rings. The van der Waals surface area contributed by atoms with Gasteiger partial charge in [-0.25, -0.2) is 0 Å². The minimum Gasteiger partial charge on any atom is -0.372 e. The highest BCUT2D eigenvalue weighted by Gasteiger charge is 2.35. The predicted octanol–water partition coefficient (Wildman–Crippen LogP) is 5.53. The first-order chi connectivity index (χ1) is 12.7. The average Bonchev–Trinajstić information content (AvgIpc) is 2.66. The van der Waals surface area contributed by atoms with E-state index in [1.165, 1.54) is 16.7 Å². The van der Waals surface area contributed by atoms with Gasteiger partial charge in [0, 0.05) is 35.1 Å². The Balaban J connectivity index is 0.00000140. The van der Waals surface area contributed by atoms with Gasteiger partial charge in [0.25, 0.3) is 0 Å². The van der Waals surface area contributed by atoms with Crippen molar-refractivity contribution < 1.29 is 4.74 Å². The molecule has 1 heterocycles. The number of hydrogen-bond acceptors (Lipinski definition) is 3. The van der Waals surface area contributed by atoms with Gasteiger partial charge in [0.2, 0.25) is 0 Å². The summed E-state index contributed by atoms with van der Waals surface area (Å²) in [6.07, 6.45) is 2.42. The monoisotopic (exact) mass is 550 g/mol. The summed E-state index contributed by atoms with van der Waals surface area (Å²) < 4.78 is 8.66. The summed E-state index contributed by atoms with van der Waals surface area (Å²) in [4.78, 5) is 2.61. The standard InChI is InChI=1S/C21H24Br2N2O.2ClH/c22-17-11-15(12-18(23)13-17)14-26-20-6-5-16-3-1-2-4-19(16)21(20)25-9-7-24-8-10-25;;/h1-4,11-13,20-21,24H,5-10,14H2;2*1H/t20-,21-;;/m1../s1. The molecule has 0 aromatic heterocycles. The molecule has 1 fully saturated rings. The third kappa shape index (κ3) is 5.72. The Morgan fingerprint density at radius 3 is 2.39 bits per heavy atom. The lowest BCUT2D eigenvalue weighted by Gasteiger charge is -2.42. The van der Waals surface area contributed by atoms with Crippen molar-refractivity contribution in [2.75, 3.05) is 26.2 Å². The van der Waals surface area contributed by atoms with Crippen LogP contribution in [-0.4, -0.2) is 37.2 Å². The molecular formula is C21H26Br2Cl2N2O. The van der Waals surface area contributed by atoms with Crippen molar-refractivity contribution in [1.29, 1.82) is 0 Å². The Morgan fingerprint density at radius 2 is 1.68 bits per heavy atom. The average molecular weight is 553 g/mol. The molecule has 7 heteroatoms. The van der Waals surface area contributed by atoms with Gasteiger partial charge in [0.15, 0.2) is 0 Å². The Morgan fingerprint density at radius 1 is 1.00 bits per heavy atom. The maximum atomic E-state index is 6.50. The summed E-state index contributed by atoms with van der Waals surface area (Å²) in [5.41, 5.74) is 4.14. The summed E-state index contributed by atoms with van der Waals surface area (Å²) in [6, 6.07) is 15.6. The summed E-state index contributed by atoms with van der Waals surface area (Å²) >= 11 is 7.15. The topological polar surface area (TPSA) is 24.5 Å². The zero-order chi connectivity index (χ0) is 17.9. The first-order valence-corrected chi connectivity index (χ1v) is 10.9. The summed E-state index contributed by atoms with van der Waals surface area (Å²) in [7, 11) is 0. The van der Waals surface area contributed by atoms with Crippen LogP contribution in [0.25, 0.3) is 0 Å². The normalized spacial score (nSPS) is 21.9. The Bertz CT molecular complexity index is 752. The fourth-order valence-electron chi connectivity index (χ4n) is 4.17. The second-order valence-corrected chi connectivity index (χ2v) is 8.93. The largest absolute Gasteiger partial charge is 0.372 e. The van der Waals surface area contributed by atoms with Crippen molar-refractivity contribution in [3.8, 4) is 0 Å². The number of rotatable bonds is 4. The molecule has 2 aliphatic rings. The van der Waals surface area contributed by atoms with Gasteiger partial charge in [0.05, 0.1) is 18.8 Å². The SMILES string of the molecule is Brc1cc(Br)cc(CO[C@@H]2CCc3ccccc3[C@H]2N2CCNCC2)c1.Cl.Cl. The van der Waals surface area contributed by atoms with Gasteiger partial charge in [-0.3, -0.25) is 4.90 Å². The number of fused-ring (bicyclic) bond motifs is 1. The minimum absolute atomic E-state index is 0. The molecule has 0 amide bonds. The van der Waals surface area contributed by atoms with Gasteiger partial charge in [-0.05, 0) is 47.7 Å². The van der Waals surface area contributed by atoms with Crippen molar-refractivity contribution >= 4 is 56.7 Å². The van der Waals surface area contributed by atoms with Crippen molar-refractivity contribution in [3.05, 3.63) is 68.1 Å². The highest BCUT2D eigenvalue weighted by atomic mass is 79.9. The van der Waals surface area contributed by atoms with Crippen LogP contribution in [0.15, 0.2) is 51.4 Å².